The minimum atomic E-state index is -0.350. The molecule has 1 aromatic carbocycles. The highest BCUT2D eigenvalue weighted by atomic mass is 32.1. The number of carbonyl (C=O) groups is 1. The van der Waals surface area contributed by atoms with Crippen molar-refractivity contribution in [1.29, 1.82) is 0 Å². The number of rotatable bonds is 4. The van der Waals surface area contributed by atoms with Crippen LogP contribution in [-0.4, -0.2) is 24.8 Å². The van der Waals surface area contributed by atoms with Gasteiger partial charge >= 0.3 is 6.09 Å². The zero-order valence-electron chi connectivity index (χ0n) is 14.5. The maximum atomic E-state index is 12.4. The van der Waals surface area contributed by atoms with Crippen molar-refractivity contribution in [2.24, 2.45) is 5.92 Å². The molecule has 2 atom stereocenters. The summed E-state index contributed by atoms with van der Waals surface area (Å²) < 4.78 is 5.56. The summed E-state index contributed by atoms with van der Waals surface area (Å²) in [6.07, 6.45) is 4.42. The molecule has 1 amide bonds. The van der Waals surface area contributed by atoms with Gasteiger partial charge in [-0.2, -0.15) is 11.3 Å². The molecule has 4 rings (SSSR count). The van der Waals surface area contributed by atoms with E-state index < -0.39 is 0 Å². The molecule has 0 saturated carbocycles. The number of nitrogens with one attached hydrogen (secondary N) is 2. The second-order valence-corrected chi connectivity index (χ2v) is 7.99. The third-order valence-corrected chi connectivity index (χ3v) is 6.04. The van der Waals surface area contributed by atoms with Gasteiger partial charge in [0, 0.05) is 17.6 Å². The molecule has 5 heteroatoms. The molecule has 2 aromatic rings. The number of aryl methyl sites for hydroxylation is 1. The molecule has 2 saturated heterocycles. The number of hydrogen-bond donors (Lipinski definition) is 2. The first-order chi connectivity index (χ1) is 12.2. The summed E-state index contributed by atoms with van der Waals surface area (Å²) in [6.45, 7) is 2.52. The molecule has 3 heterocycles. The molecule has 2 bridgehead atoms. The van der Waals surface area contributed by atoms with Crippen LogP contribution in [0.3, 0.4) is 0 Å². The molecule has 2 aliphatic heterocycles. The van der Waals surface area contributed by atoms with Crippen LogP contribution in [0.5, 0.6) is 0 Å². The highest BCUT2D eigenvalue weighted by Gasteiger charge is 2.33. The number of fused-ring (bicyclic) bond motifs is 2. The Morgan fingerprint density at radius 1 is 1.28 bits per heavy atom. The van der Waals surface area contributed by atoms with E-state index in [2.05, 4.69) is 22.1 Å². The van der Waals surface area contributed by atoms with Gasteiger partial charge in [0.2, 0.25) is 0 Å². The molecule has 0 aliphatic carbocycles. The number of amides is 1. The third kappa shape index (κ3) is 3.72. The van der Waals surface area contributed by atoms with Gasteiger partial charge in [0.05, 0.1) is 12.3 Å². The van der Waals surface area contributed by atoms with Crippen LogP contribution in [0.25, 0.3) is 11.1 Å². The lowest BCUT2D eigenvalue weighted by Gasteiger charge is -2.28. The normalized spacial score (nSPS) is 24.9. The fourth-order valence-corrected chi connectivity index (χ4v) is 4.79. The highest BCUT2D eigenvalue weighted by molar-refractivity contribution is 7.08. The lowest BCUT2D eigenvalue weighted by atomic mass is 9.93. The van der Waals surface area contributed by atoms with Crippen LogP contribution in [0.1, 0.15) is 31.2 Å². The Kier molecular flexibility index (Phi) is 4.77. The van der Waals surface area contributed by atoms with Crippen molar-refractivity contribution >= 4 is 23.1 Å². The van der Waals surface area contributed by atoms with E-state index in [1.165, 1.54) is 12.8 Å². The number of hydrogen-bond acceptors (Lipinski definition) is 4. The molecule has 2 unspecified atom stereocenters. The zero-order valence-corrected chi connectivity index (χ0v) is 15.3. The van der Waals surface area contributed by atoms with Crippen LogP contribution in [0.4, 0.5) is 10.5 Å². The molecule has 0 spiro atoms. The molecule has 0 radical (unpaired) electrons. The number of ether oxygens (including phenoxy) is 1. The zero-order chi connectivity index (χ0) is 17.2. The van der Waals surface area contributed by atoms with E-state index in [4.69, 9.17) is 4.74 Å². The van der Waals surface area contributed by atoms with E-state index in [0.717, 1.165) is 35.2 Å². The maximum Gasteiger partial charge on any atom is 0.411 e. The highest BCUT2D eigenvalue weighted by Crippen LogP contribution is 2.33. The summed E-state index contributed by atoms with van der Waals surface area (Å²) >= 11 is 1.65. The number of para-hydroxylation sites is 1. The predicted molar refractivity (Wildman–Crippen MR) is 102 cm³/mol. The average Bonchev–Trinajstić information content (AvgIpc) is 3.25. The molecule has 4 nitrogen and oxygen atoms in total. The SMILES string of the molecule is Cc1cccc(-c2ccsc2)c1NC(=O)OCC1CC2CCC(C1)N2. The number of piperidine rings is 1. The Morgan fingerprint density at radius 3 is 2.80 bits per heavy atom. The average molecular weight is 356 g/mol. The fraction of sp³-hybridized carbons (Fsp3) is 0.450. The van der Waals surface area contributed by atoms with Crippen LogP contribution in [-0.2, 0) is 4.74 Å². The number of thiophene rings is 1. The van der Waals surface area contributed by atoms with E-state index in [1.54, 1.807) is 11.3 Å². The van der Waals surface area contributed by atoms with Gasteiger partial charge in [-0.15, -0.1) is 0 Å². The first-order valence-corrected chi connectivity index (χ1v) is 9.95. The summed E-state index contributed by atoms with van der Waals surface area (Å²) in [4.78, 5) is 12.4. The molecule has 1 aromatic heterocycles. The standard InChI is InChI=1S/C20H24N2O2S/c1-13-3-2-4-18(15-7-8-25-12-15)19(13)22-20(23)24-11-14-9-16-5-6-17(10-14)21-16/h2-4,7-8,12,14,16-17,21H,5-6,9-11H2,1H3,(H,22,23). The van der Waals surface area contributed by atoms with Crippen LogP contribution >= 0.6 is 11.3 Å². The topological polar surface area (TPSA) is 50.4 Å². The van der Waals surface area contributed by atoms with Crippen molar-refractivity contribution in [3.63, 3.8) is 0 Å². The van der Waals surface area contributed by atoms with E-state index in [1.807, 2.05) is 30.5 Å². The summed E-state index contributed by atoms with van der Waals surface area (Å²) in [7, 11) is 0. The van der Waals surface area contributed by atoms with Gasteiger partial charge in [-0.25, -0.2) is 4.79 Å². The van der Waals surface area contributed by atoms with E-state index in [0.29, 0.717) is 24.6 Å². The minimum absolute atomic E-state index is 0.350. The van der Waals surface area contributed by atoms with Gasteiger partial charge in [-0.05, 0) is 66.5 Å². The number of carbonyl (C=O) groups excluding carboxylic acids is 1. The van der Waals surface area contributed by atoms with Crippen molar-refractivity contribution in [3.05, 3.63) is 40.6 Å². The predicted octanol–water partition coefficient (Wildman–Crippen LogP) is 4.80. The second-order valence-electron chi connectivity index (χ2n) is 7.21. The van der Waals surface area contributed by atoms with Crippen molar-refractivity contribution in [2.45, 2.75) is 44.7 Å². The molecule has 25 heavy (non-hydrogen) atoms. The Hall–Kier alpha value is -1.85. The summed E-state index contributed by atoms with van der Waals surface area (Å²) in [5, 5.41) is 10.7. The first kappa shape index (κ1) is 16.6. The van der Waals surface area contributed by atoms with Gasteiger partial charge in [0.1, 0.15) is 0 Å². The van der Waals surface area contributed by atoms with E-state index in [9.17, 15) is 4.79 Å². The Morgan fingerprint density at radius 2 is 2.08 bits per heavy atom. The van der Waals surface area contributed by atoms with Crippen molar-refractivity contribution in [1.82, 2.24) is 5.32 Å². The molecular weight excluding hydrogens is 332 g/mol. The fourth-order valence-electron chi connectivity index (χ4n) is 4.13. The first-order valence-electron chi connectivity index (χ1n) is 9.01. The monoisotopic (exact) mass is 356 g/mol. The Labute approximate surface area is 152 Å². The lowest BCUT2D eigenvalue weighted by Crippen LogP contribution is -2.39. The van der Waals surface area contributed by atoms with Gasteiger partial charge in [0.15, 0.2) is 0 Å². The molecule has 2 fully saturated rings. The summed E-state index contributed by atoms with van der Waals surface area (Å²) in [5.74, 6) is 0.484. The van der Waals surface area contributed by atoms with Crippen molar-refractivity contribution in [3.8, 4) is 11.1 Å². The van der Waals surface area contributed by atoms with E-state index >= 15 is 0 Å². The van der Waals surface area contributed by atoms with Crippen LogP contribution in [0, 0.1) is 12.8 Å². The third-order valence-electron chi connectivity index (χ3n) is 5.35. The van der Waals surface area contributed by atoms with Gasteiger partial charge in [0.25, 0.3) is 0 Å². The molecular formula is C20H24N2O2S. The molecule has 132 valence electrons. The number of anilines is 1. The Balaban J connectivity index is 1.39. The van der Waals surface area contributed by atoms with Crippen LogP contribution < -0.4 is 10.6 Å². The number of benzene rings is 1. The Bertz CT molecular complexity index is 732. The second kappa shape index (κ2) is 7.18. The van der Waals surface area contributed by atoms with Gasteiger partial charge < -0.3 is 10.1 Å². The van der Waals surface area contributed by atoms with Crippen molar-refractivity contribution < 1.29 is 9.53 Å². The van der Waals surface area contributed by atoms with Gasteiger partial charge in [-0.3, -0.25) is 5.32 Å². The summed E-state index contributed by atoms with van der Waals surface area (Å²) in [6, 6.07) is 9.38. The smallest absolute Gasteiger partial charge is 0.411 e. The minimum Gasteiger partial charge on any atom is -0.449 e. The van der Waals surface area contributed by atoms with E-state index in [-0.39, 0.29) is 6.09 Å². The van der Waals surface area contributed by atoms with Crippen LogP contribution in [0.2, 0.25) is 0 Å². The quantitative estimate of drug-likeness (QED) is 0.827. The van der Waals surface area contributed by atoms with Crippen molar-refractivity contribution in [2.75, 3.05) is 11.9 Å². The molecule has 2 N–H and O–H groups in total. The maximum absolute atomic E-state index is 12.4. The lowest BCUT2D eigenvalue weighted by molar-refractivity contribution is 0.122. The van der Waals surface area contributed by atoms with Gasteiger partial charge in [-0.1, -0.05) is 18.2 Å². The largest absolute Gasteiger partial charge is 0.449 e. The van der Waals surface area contributed by atoms with Crippen LogP contribution in [0.15, 0.2) is 35.0 Å². The molecule has 2 aliphatic rings. The summed E-state index contributed by atoms with van der Waals surface area (Å²) in [5.41, 5.74) is 4.05.